The van der Waals surface area contributed by atoms with Gasteiger partial charge in [0.25, 0.3) is 0 Å². The van der Waals surface area contributed by atoms with Gasteiger partial charge in [0.15, 0.2) is 5.78 Å². The van der Waals surface area contributed by atoms with Crippen LogP contribution in [0, 0.1) is 6.92 Å². The highest BCUT2D eigenvalue weighted by Gasteiger charge is 2.21. The Labute approximate surface area is 127 Å². The van der Waals surface area contributed by atoms with Crippen molar-refractivity contribution in [2.75, 3.05) is 6.54 Å². The van der Waals surface area contributed by atoms with E-state index in [1.165, 1.54) is 6.42 Å². The van der Waals surface area contributed by atoms with Gasteiger partial charge in [-0.2, -0.15) is 0 Å². The molecule has 1 N–H and O–H groups in total. The SMILES string of the molecule is Cc1cc2sc(CC(=O)[C@@H]3CCCCN3)nc2cc1Cl. The van der Waals surface area contributed by atoms with Gasteiger partial charge < -0.3 is 5.32 Å². The minimum atomic E-state index is 0.0149. The number of ketones is 1. The molecule has 1 atom stereocenters. The van der Waals surface area contributed by atoms with Crippen molar-refractivity contribution in [3.8, 4) is 0 Å². The highest BCUT2D eigenvalue weighted by Crippen LogP contribution is 2.28. The average molecular weight is 309 g/mol. The maximum Gasteiger partial charge on any atom is 0.156 e. The summed E-state index contributed by atoms with van der Waals surface area (Å²) in [6.45, 7) is 2.93. The van der Waals surface area contributed by atoms with E-state index in [1.54, 1.807) is 11.3 Å². The van der Waals surface area contributed by atoms with E-state index in [9.17, 15) is 4.79 Å². The number of piperidine rings is 1. The molecule has 1 saturated heterocycles. The highest BCUT2D eigenvalue weighted by molar-refractivity contribution is 7.18. The molecule has 5 heteroatoms. The van der Waals surface area contributed by atoms with Crippen LogP contribution >= 0.6 is 22.9 Å². The number of thiazole rings is 1. The standard InChI is InChI=1S/C15H17ClN2OS/c1-9-6-14-12(7-10(9)16)18-15(20-14)8-13(19)11-4-2-3-5-17-11/h6-7,11,17H,2-5,8H2,1H3/t11-/m0/s1. The number of nitrogens with one attached hydrogen (secondary N) is 1. The molecule has 20 heavy (non-hydrogen) atoms. The molecule has 0 radical (unpaired) electrons. The summed E-state index contributed by atoms with van der Waals surface area (Å²) < 4.78 is 1.10. The summed E-state index contributed by atoms with van der Waals surface area (Å²) in [6.07, 6.45) is 3.68. The van der Waals surface area contributed by atoms with E-state index in [1.807, 2.05) is 19.1 Å². The maximum absolute atomic E-state index is 12.3. The van der Waals surface area contributed by atoms with E-state index in [0.29, 0.717) is 6.42 Å². The van der Waals surface area contributed by atoms with Crippen molar-refractivity contribution >= 4 is 38.9 Å². The topological polar surface area (TPSA) is 42.0 Å². The first-order chi connectivity index (χ1) is 9.63. The van der Waals surface area contributed by atoms with Crippen molar-refractivity contribution in [2.24, 2.45) is 0 Å². The molecule has 3 rings (SSSR count). The summed E-state index contributed by atoms with van der Waals surface area (Å²) in [7, 11) is 0. The van der Waals surface area contributed by atoms with E-state index in [-0.39, 0.29) is 11.8 Å². The van der Waals surface area contributed by atoms with Crippen molar-refractivity contribution in [3.05, 3.63) is 27.7 Å². The highest BCUT2D eigenvalue weighted by atomic mass is 35.5. The minimum Gasteiger partial charge on any atom is -0.307 e. The summed E-state index contributed by atoms with van der Waals surface area (Å²) in [6, 6.07) is 3.94. The molecular weight excluding hydrogens is 292 g/mol. The second-order valence-electron chi connectivity index (χ2n) is 5.32. The predicted molar refractivity (Wildman–Crippen MR) is 83.7 cm³/mol. The van der Waals surface area contributed by atoms with Gasteiger partial charge in [0.1, 0.15) is 5.01 Å². The Kier molecular flexibility index (Phi) is 4.06. The third-order valence-electron chi connectivity index (χ3n) is 3.74. The van der Waals surface area contributed by atoms with E-state index < -0.39 is 0 Å². The Balaban J connectivity index is 1.78. The predicted octanol–water partition coefficient (Wildman–Crippen LogP) is 3.51. The first kappa shape index (κ1) is 14.0. The first-order valence-electron chi connectivity index (χ1n) is 6.95. The molecule has 0 aliphatic carbocycles. The van der Waals surface area contributed by atoms with Gasteiger partial charge in [-0.15, -0.1) is 11.3 Å². The van der Waals surface area contributed by atoms with Gasteiger partial charge in [0.05, 0.1) is 22.7 Å². The number of aryl methyl sites for hydroxylation is 1. The van der Waals surface area contributed by atoms with Gasteiger partial charge in [-0.3, -0.25) is 4.79 Å². The third kappa shape index (κ3) is 2.87. The maximum atomic E-state index is 12.3. The van der Waals surface area contributed by atoms with E-state index in [0.717, 1.165) is 45.2 Å². The Morgan fingerprint density at radius 1 is 1.50 bits per heavy atom. The van der Waals surface area contributed by atoms with Crippen LogP contribution in [0.1, 0.15) is 29.8 Å². The zero-order valence-corrected chi connectivity index (χ0v) is 13.0. The number of halogens is 1. The second-order valence-corrected chi connectivity index (χ2v) is 6.84. The monoisotopic (exact) mass is 308 g/mol. The normalized spacial score (nSPS) is 19.4. The summed E-state index contributed by atoms with van der Waals surface area (Å²) >= 11 is 7.71. The van der Waals surface area contributed by atoms with Crippen molar-refractivity contribution in [1.82, 2.24) is 10.3 Å². The third-order valence-corrected chi connectivity index (χ3v) is 5.16. The van der Waals surface area contributed by atoms with Gasteiger partial charge in [-0.1, -0.05) is 18.0 Å². The van der Waals surface area contributed by atoms with Gasteiger partial charge in [0, 0.05) is 5.02 Å². The van der Waals surface area contributed by atoms with Crippen LogP contribution in [0.4, 0.5) is 0 Å². The fourth-order valence-electron chi connectivity index (χ4n) is 2.57. The molecule has 1 aliphatic rings. The molecule has 0 unspecified atom stereocenters. The average Bonchev–Trinajstić information content (AvgIpc) is 2.81. The molecule has 1 fully saturated rings. The number of Topliss-reactive ketones (excluding diaryl/α,β-unsaturated/α-hetero) is 1. The zero-order valence-electron chi connectivity index (χ0n) is 11.4. The number of carbonyl (C=O) groups excluding carboxylic acids is 1. The number of aromatic nitrogens is 1. The Morgan fingerprint density at radius 2 is 2.35 bits per heavy atom. The molecule has 1 aromatic carbocycles. The summed E-state index contributed by atoms with van der Waals surface area (Å²) in [5.41, 5.74) is 1.94. The van der Waals surface area contributed by atoms with E-state index in [4.69, 9.17) is 11.6 Å². The van der Waals surface area contributed by atoms with Crippen LogP contribution in [-0.4, -0.2) is 23.4 Å². The number of nitrogens with zero attached hydrogens (tertiary/aromatic N) is 1. The van der Waals surface area contributed by atoms with Gasteiger partial charge in [-0.25, -0.2) is 4.98 Å². The molecule has 0 saturated carbocycles. The van der Waals surface area contributed by atoms with Crippen LogP contribution in [0.3, 0.4) is 0 Å². The molecule has 0 bridgehead atoms. The minimum absolute atomic E-state index is 0.0149. The van der Waals surface area contributed by atoms with Crippen LogP contribution in [0.2, 0.25) is 5.02 Å². The number of hydrogen-bond donors (Lipinski definition) is 1. The molecule has 2 aromatic rings. The molecule has 0 amide bonds. The lowest BCUT2D eigenvalue weighted by atomic mass is 10.00. The van der Waals surface area contributed by atoms with Crippen LogP contribution in [-0.2, 0) is 11.2 Å². The molecule has 1 aromatic heterocycles. The molecule has 0 spiro atoms. The lowest BCUT2D eigenvalue weighted by Crippen LogP contribution is -2.41. The number of hydrogen-bond acceptors (Lipinski definition) is 4. The summed E-state index contributed by atoms with van der Waals surface area (Å²) in [4.78, 5) is 16.8. The van der Waals surface area contributed by atoms with Gasteiger partial charge in [0.2, 0.25) is 0 Å². The van der Waals surface area contributed by atoms with Crippen LogP contribution in [0.5, 0.6) is 0 Å². The second kappa shape index (κ2) is 5.80. The van der Waals surface area contributed by atoms with Crippen molar-refractivity contribution in [1.29, 1.82) is 0 Å². The van der Waals surface area contributed by atoms with E-state index >= 15 is 0 Å². The van der Waals surface area contributed by atoms with Crippen LogP contribution in [0.25, 0.3) is 10.2 Å². The van der Waals surface area contributed by atoms with Crippen molar-refractivity contribution < 1.29 is 4.79 Å². The Hall–Kier alpha value is -0.970. The first-order valence-corrected chi connectivity index (χ1v) is 8.14. The Bertz CT molecular complexity index is 608. The van der Waals surface area contributed by atoms with Crippen LogP contribution in [0.15, 0.2) is 12.1 Å². The number of carbonyl (C=O) groups is 1. The molecular formula is C15H17ClN2OS. The van der Waals surface area contributed by atoms with Crippen molar-refractivity contribution in [2.45, 2.75) is 38.6 Å². The number of benzene rings is 1. The number of rotatable bonds is 3. The smallest absolute Gasteiger partial charge is 0.156 e. The molecule has 3 nitrogen and oxygen atoms in total. The number of fused-ring (bicyclic) bond motifs is 1. The van der Waals surface area contributed by atoms with Gasteiger partial charge >= 0.3 is 0 Å². The van der Waals surface area contributed by atoms with E-state index in [2.05, 4.69) is 10.3 Å². The molecule has 1 aliphatic heterocycles. The fourth-order valence-corrected chi connectivity index (χ4v) is 3.79. The largest absolute Gasteiger partial charge is 0.307 e. The molecule has 106 valence electrons. The van der Waals surface area contributed by atoms with Crippen LogP contribution < -0.4 is 5.32 Å². The lowest BCUT2D eigenvalue weighted by Gasteiger charge is -2.21. The Morgan fingerprint density at radius 3 is 3.10 bits per heavy atom. The zero-order chi connectivity index (χ0) is 14.1. The lowest BCUT2D eigenvalue weighted by molar-refractivity contribution is -0.120. The van der Waals surface area contributed by atoms with Gasteiger partial charge in [-0.05, 0) is 44.0 Å². The quantitative estimate of drug-likeness (QED) is 0.943. The molecule has 2 heterocycles. The summed E-state index contributed by atoms with van der Waals surface area (Å²) in [5, 5.41) is 4.92. The van der Waals surface area contributed by atoms with Crippen molar-refractivity contribution in [3.63, 3.8) is 0 Å². The fraction of sp³-hybridized carbons (Fsp3) is 0.467. The summed E-state index contributed by atoms with van der Waals surface area (Å²) in [5.74, 6) is 0.256.